The van der Waals surface area contributed by atoms with Crippen LogP contribution < -0.4 is 20.7 Å². The zero-order valence-corrected chi connectivity index (χ0v) is 58.6. The molecule has 0 bridgehead atoms. The Hall–Kier alpha value is -9.26. The van der Waals surface area contributed by atoms with E-state index in [9.17, 15) is 45.7 Å². The lowest BCUT2D eigenvalue weighted by molar-refractivity contribution is 0.470. The summed E-state index contributed by atoms with van der Waals surface area (Å²) in [5, 5.41) is 21.5. The van der Waals surface area contributed by atoms with E-state index in [2.05, 4.69) is 86.0 Å². The number of phenolic OH excluding ortho intramolecular Hbond substituents is 2. The van der Waals surface area contributed by atoms with E-state index in [1.54, 1.807) is 62.4 Å². The molecular weight excluding hydrogens is 1330 g/mol. The Morgan fingerprint density at radius 1 is 0.404 bits per heavy atom. The number of hydrogen-bond donors (Lipinski definition) is 4. The van der Waals surface area contributed by atoms with Gasteiger partial charge in [0.25, 0.3) is 20.2 Å². The van der Waals surface area contributed by atoms with Gasteiger partial charge >= 0.3 is 0 Å². The van der Waals surface area contributed by atoms with E-state index in [1.807, 2.05) is 48.6 Å². The maximum Gasteiger partial charge on any atom is 0.295 e. The lowest BCUT2D eigenvalue weighted by Crippen LogP contribution is -2.25. The minimum atomic E-state index is -4.73. The molecule has 7 aromatic carbocycles. The van der Waals surface area contributed by atoms with Gasteiger partial charge in [-0.1, -0.05) is 193 Å². The molecule has 0 radical (unpaired) electrons. The molecule has 18 heteroatoms. The van der Waals surface area contributed by atoms with Crippen molar-refractivity contribution < 1.29 is 45.0 Å². The van der Waals surface area contributed by atoms with Crippen LogP contribution in [0.4, 0.5) is 11.4 Å². The minimum Gasteiger partial charge on any atom is -0.508 e. The first-order chi connectivity index (χ1) is 46.9. The molecule has 0 unspecified atom stereocenters. The Labute approximate surface area is 589 Å². The van der Waals surface area contributed by atoms with Crippen LogP contribution in [0.2, 0.25) is 10.0 Å². The SMILES string of the molecule is C.CCCCN(CCCC)c1ccc(/C=C/c2ccc(-c3c4cc(Cl)c(=O)cc-4oc4cc(O)c(C)cc34)c(S(=O)(=O)O)c2)cc1.CCCCN(CCCC)c1ccc(/C=C/c2ccc(/C=C/c3ccc(-c4c5cc(C)c(=O)cc-5oc5cc(O)c(Cl)cc45)c(S(=O)(=O)O)c3)cc2)cc1. The van der Waals surface area contributed by atoms with Gasteiger partial charge in [0, 0.05) is 106 Å². The molecule has 2 aliphatic heterocycles. The summed E-state index contributed by atoms with van der Waals surface area (Å²) >= 11 is 12.5. The quantitative estimate of drug-likeness (QED) is 0.0252. The molecule has 11 rings (SSSR count). The highest BCUT2D eigenvalue weighted by Gasteiger charge is 2.28. The topological polar surface area (TPSA) is 216 Å². The third-order valence-corrected chi connectivity index (χ3v) is 19.7. The number of unbranched alkanes of at least 4 members (excludes halogenated alkanes) is 4. The maximum atomic E-state index is 12.9. The molecular formula is C81H82Cl2N2O12S2. The fourth-order valence-corrected chi connectivity index (χ4v) is 13.6. The third kappa shape index (κ3) is 17.8. The number of nitrogens with zero attached hydrogens (tertiary/aromatic N) is 2. The molecule has 14 nitrogen and oxygen atoms in total. The Kier molecular flexibility index (Phi) is 24.4. The Morgan fingerprint density at radius 2 is 0.758 bits per heavy atom. The van der Waals surface area contributed by atoms with E-state index in [0.717, 1.165) is 74.1 Å². The predicted molar refractivity (Wildman–Crippen MR) is 408 cm³/mol. The van der Waals surface area contributed by atoms with Gasteiger partial charge in [0.1, 0.15) is 44.0 Å². The first kappa shape index (κ1) is 74.0. The van der Waals surface area contributed by atoms with Crippen molar-refractivity contribution in [2.75, 3.05) is 36.0 Å². The average molecular weight is 1410 g/mol. The van der Waals surface area contributed by atoms with Crippen molar-refractivity contribution in [2.24, 2.45) is 0 Å². The van der Waals surface area contributed by atoms with Crippen molar-refractivity contribution in [3.63, 3.8) is 0 Å². The second-order valence-corrected chi connectivity index (χ2v) is 28.1. The van der Waals surface area contributed by atoms with Crippen molar-refractivity contribution in [3.05, 3.63) is 233 Å². The van der Waals surface area contributed by atoms with Crippen molar-refractivity contribution in [1.29, 1.82) is 0 Å². The summed E-state index contributed by atoms with van der Waals surface area (Å²) in [6, 6.07) is 45.9. The average Bonchev–Trinajstić information content (AvgIpc) is 0.744. The highest BCUT2D eigenvalue weighted by molar-refractivity contribution is 7.86. The van der Waals surface area contributed by atoms with Crippen molar-refractivity contribution in [1.82, 2.24) is 0 Å². The molecule has 514 valence electrons. The number of benzene rings is 9. The molecule has 0 aromatic heterocycles. The van der Waals surface area contributed by atoms with E-state index >= 15 is 0 Å². The van der Waals surface area contributed by atoms with E-state index in [4.69, 9.17) is 32.0 Å². The summed E-state index contributed by atoms with van der Waals surface area (Å²) in [4.78, 5) is 29.1. The van der Waals surface area contributed by atoms with Crippen LogP contribution in [0.15, 0.2) is 186 Å². The van der Waals surface area contributed by atoms with Gasteiger partial charge in [-0.15, -0.1) is 0 Å². The van der Waals surface area contributed by atoms with Crippen molar-refractivity contribution >= 4 is 113 Å². The van der Waals surface area contributed by atoms with E-state index in [-0.39, 0.29) is 78.0 Å². The number of fused-ring (bicyclic) bond motifs is 4. The number of anilines is 2. The number of halogens is 2. The van der Waals surface area contributed by atoms with Crippen LogP contribution in [0.5, 0.6) is 11.5 Å². The predicted octanol–water partition coefficient (Wildman–Crippen LogP) is 20.9. The monoisotopic (exact) mass is 1410 g/mol. The number of hydrogen-bond acceptors (Lipinski definition) is 12. The minimum absolute atomic E-state index is 0. The maximum absolute atomic E-state index is 12.9. The van der Waals surface area contributed by atoms with Crippen LogP contribution in [-0.4, -0.2) is 62.3 Å². The second kappa shape index (κ2) is 32.6. The summed E-state index contributed by atoms with van der Waals surface area (Å²) in [5.74, 6) is 0.0929. The summed E-state index contributed by atoms with van der Waals surface area (Å²) < 4.78 is 84.1. The second-order valence-electron chi connectivity index (χ2n) is 24.5. The lowest BCUT2D eigenvalue weighted by Gasteiger charge is -2.24. The summed E-state index contributed by atoms with van der Waals surface area (Å²) in [6.45, 7) is 16.4. The fourth-order valence-electron chi connectivity index (χ4n) is 11.8. The smallest absolute Gasteiger partial charge is 0.295 e. The standard InChI is InChI=1S/C44H42ClNO6S.C36H36ClNO6S.CH4/c1-4-6-22-46(23-7-5-2)34-19-16-32(17-20-34)13-12-30-8-10-31(11-9-30)14-15-33-18-21-35(43(25-33)53(49,50)51)44-36-24-29(3)39(47)27-41(36)52-42-28-40(48)38(45)26-37(42)44;1-4-6-16-38(17-7-5-2)26-13-10-24(11-14-26)8-9-25-12-15-27(35(19-25)45(41,42)43)36-28-18-23(3)31(39)21-33(28)44-34-22-32(40)30(37)20-29(34)36;/h8-21,24-28,48H,4-7,22-23H2,1-3H3,(H,49,50,51);8-15,18-22,39H,4-7,16-17H2,1-3H3,(H,41,42,43);1H4/b13-12+,15-14+;9-8+;. The molecule has 99 heavy (non-hydrogen) atoms. The Bertz CT molecular complexity index is 5090. The molecule has 0 atom stereocenters. The first-order valence-electron chi connectivity index (χ1n) is 32.8. The number of rotatable bonds is 24. The molecule has 0 saturated heterocycles. The summed E-state index contributed by atoms with van der Waals surface area (Å²) in [5.41, 5.74) is 10.2. The molecule has 0 saturated carbocycles. The highest BCUT2D eigenvalue weighted by Crippen LogP contribution is 2.47. The van der Waals surface area contributed by atoms with Crippen LogP contribution in [0.25, 0.3) is 103 Å². The molecule has 0 spiro atoms. The molecule has 4 N–H and O–H groups in total. The van der Waals surface area contributed by atoms with Gasteiger partial charge in [0.05, 0.1) is 10.0 Å². The number of aryl methyl sites for hydroxylation is 2. The zero-order valence-electron chi connectivity index (χ0n) is 55.5. The van der Waals surface area contributed by atoms with Gasteiger partial charge in [-0.05, 0) is 145 Å². The van der Waals surface area contributed by atoms with Gasteiger partial charge in [0.15, 0.2) is 5.43 Å². The van der Waals surface area contributed by atoms with Crippen LogP contribution in [-0.2, 0) is 20.2 Å². The molecule has 2 heterocycles. The van der Waals surface area contributed by atoms with Gasteiger partial charge < -0.3 is 28.8 Å². The molecule has 0 fully saturated rings. The van der Waals surface area contributed by atoms with Crippen LogP contribution >= 0.6 is 23.2 Å². The van der Waals surface area contributed by atoms with E-state index in [0.29, 0.717) is 55.3 Å². The van der Waals surface area contributed by atoms with Crippen LogP contribution in [0.3, 0.4) is 0 Å². The number of phenols is 2. The lowest BCUT2D eigenvalue weighted by atomic mass is 9.92. The summed E-state index contributed by atoms with van der Waals surface area (Å²) in [7, 11) is -9.43. The van der Waals surface area contributed by atoms with Crippen molar-refractivity contribution in [3.8, 4) is 56.4 Å². The van der Waals surface area contributed by atoms with Crippen molar-refractivity contribution in [2.45, 2.75) is 110 Å². The van der Waals surface area contributed by atoms with Gasteiger partial charge in [-0.25, -0.2) is 0 Å². The Balaban J connectivity index is 0.000000232. The molecule has 7 aromatic rings. The van der Waals surface area contributed by atoms with Gasteiger partial charge in [-0.2, -0.15) is 16.8 Å². The zero-order chi connectivity index (χ0) is 70.0. The molecule has 2 aliphatic carbocycles. The van der Waals surface area contributed by atoms with Crippen LogP contribution in [0, 0.1) is 13.8 Å². The first-order valence-corrected chi connectivity index (χ1v) is 36.5. The fraction of sp³-hybridized carbons (Fsp3) is 0.235. The van der Waals surface area contributed by atoms with E-state index in [1.165, 1.54) is 85.6 Å². The molecule has 0 amide bonds. The Morgan fingerprint density at radius 3 is 1.16 bits per heavy atom. The summed E-state index contributed by atoms with van der Waals surface area (Å²) in [6.07, 6.45) is 20.8. The number of aromatic hydroxyl groups is 2. The van der Waals surface area contributed by atoms with Gasteiger partial charge in [0.2, 0.25) is 5.43 Å². The largest absolute Gasteiger partial charge is 0.508 e. The van der Waals surface area contributed by atoms with Gasteiger partial charge in [-0.3, -0.25) is 18.7 Å². The molecule has 4 aliphatic rings. The highest BCUT2D eigenvalue weighted by atomic mass is 35.5. The normalized spacial score (nSPS) is 11.9. The van der Waals surface area contributed by atoms with E-state index < -0.39 is 25.7 Å². The van der Waals surface area contributed by atoms with Crippen LogP contribution in [0.1, 0.15) is 131 Å². The third-order valence-electron chi connectivity index (χ3n) is 17.3.